The molecule has 2 aromatic rings. The van der Waals surface area contributed by atoms with E-state index in [-0.39, 0.29) is 4.90 Å². The van der Waals surface area contributed by atoms with Crippen LogP contribution >= 0.6 is 0 Å². The molecule has 6 heteroatoms. The van der Waals surface area contributed by atoms with Gasteiger partial charge in [-0.2, -0.15) is 9.98 Å². The third kappa shape index (κ3) is 3.16. The fourth-order valence-electron chi connectivity index (χ4n) is 1.55. The molecule has 1 unspecified atom stereocenters. The zero-order valence-corrected chi connectivity index (χ0v) is 10.7. The fraction of sp³-hybridized carbons (Fsp3) is 0.0769. The van der Waals surface area contributed by atoms with Crippen molar-refractivity contribution in [2.45, 2.75) is 10.9 Å². The smallest absolute Gasteiger partial charge is 0.241 e. The second-order valence-electron chi connectivity index (χ2n) is 3.78. The van der Waals surface area contributed by atoms with E-state index >= 15 is 0 Å². The van der Waals surface area contributed by atoms with Gasteiger partial charge >= 0.3 is 0 Å². The van der Waals surface area contributed by atoms with Crippen LogP contribution < -0.4 is 4.72 Å². The number of pyridine rings is 1. The SMILES string of the molecule is N#CC(NS(=O)(=O)c1ccccc1)c1ccncc1. The van der Waals surface area contributed by atoms with E-state index in [4.69, 9.17) is 5.26 Å². The van der Waals surface area contributed by atoms with E-state index in [9.17, 15) is 8.42 Å². The van der Waals surface area contributed by atoms with E-state index in [1.54, 1.807) is 30.3 Å². The van der Waals surface area contributed by atoms with E-state index in [1.165, 1.54) is 24.5 Å². The van der Waals surface area contributed by atoms with Crippen LogP contribution in [-0.4, -0.2) is 13.4 Å². The maximum Gasteiger partial charge on any atom is 0.241 e. The lowest BCUT2D eigenvalue weighted by molar-refractivity contribution is 0.575. The van der Waals surface area contributed by atoms with Crippen molar-refractivity contribution in [2.24, 2.45) is 0 Å². The Kier molecular flexibility index (Phi) is 3.90. The molecule has 0 spiro atoms. The summed E-state index contributed by atoms with van der Waals surface area (Å²) in [5.41, 5.74) is 0.553. The highest BCUT2D eigenvalue weighted by atomic mass is 32.2. The van der Waals surface area contributed by atoms with Crippen LogP contribution in [-0.2, 0) is 10.0 Å². The molecule has 0 saturated carbocycles. The molecule has 1 aromatic heterocycles. The Labute approximate surface area is 111 Å². The molecule has 0 aliphatic heterocycles. The quantitative estimate of drug-likeness (QED) is 0.917. The van der Waals surface area contributed by atoms with Gasteiger partial charge in [0.25, 0.3) is 0 Å². The molecule has 19 heavy (non-hydrogen) atoms. The van der Waals surface area contributed by atoms with E-state index in [0.29, 0.717) is 5.56 Å². The number of rotatable bonds is 4. The Morgan fingerprint density at radius 3 is 2.32 bits per heavy atom. The number of nitrogens with zero attached hydrogens (tertiary/aromatic N) is 2. The summed E-state index contributed by atoms with van der Waals surface area (Å²) < 4.78 is 26.6. The average Bonchev–Trinajstić information content (AvgIpc) is 2.47. The summed E-state index contributed by atoms with van der Waals surface area (Å²) in [5, 5.41) is 9.09. The first-order chi connectivity index (χ1) is 9.13. The van der Waals surface area contributed by atoms with Crippen LogP contribution in [0.1, 0.15) is 11.6 Å². The average molecular weight is 273 g/mol. The van der Waals surface area contributed by atoms with Crippen molar-refractivity contribution in [2.75, 3.05) is 0 Å². The molecule has 1 aromatic carbocycles. The first-order valence-electron chi connectivity index (χ1n) is 5.50. The lowest BCUT2D eigenvalue weighted by Gasteiger charge is -2.12. The van der Waals surface area contributed by atoms with Gasteiger partial charge in [-0.05, 0) is 29.8 Å². The van der Waals surface area contributed by atoms with Gasteiger partial charge in [-0.25, -0.2) is 8.42 Å². The molecular formula is C13H11N3O2S. The molecule has 1 N–H and O–H groups in total. The van der Waals surface area contributed by atoms with Gasteiger partial charge in [0.05, 0.1) is 11.0 Å². The summed E-state index contributed by atoms with van der Waals surface area (Å²) in [6.07, 6.45) is 3.02. The maximum atomic E-state index is 12.1. The third-order valence-corrected chi connectivity index (χ3v) is 3.93. The van der Waals surface area contributed by atoms with Crippen LogP contribution in [0, 0.1) is 11.3 Å². The largest absolute Gasteiger partial charge is 0.265 e. The summed E-state index contributed by atoms with van der Waals surface area (Å²) >= 11 is 0. The van der Waals surface area contributed by atoms with E-state index in [0.717, 1.165) is 0 Å². The van der Waals surface area contributed by atoms with Gasteiger partial charge < -0.3 is 0 Å². The molecule has 5 nitrogen and oxygen atoms in total. The normalized spacial score (nSPS) is 12.6. The van der Waals surface area contributed by atoms with Crippen molar-refractivity contribution in [3.8, 4) is 6.07 Å². The van der Waals surface area contributed by atoms with Crippen LogP contribution in [0.5, 0.6) is 0 Å². The minimum absolute atomic E-state index is 0.129. The summed E-state index contributed by atoms with van der Waals surface area (Å²) in [6, 6.07) is 12.1. The summed E-state index contributed by atoms with van der Waals surface area (Å²) in [4.78, 5) is 3.96. The van der Waals surface area contributed by atoms with Gasteiger partial charge in [0.1, 0.15) is 6.04 Å². The van der Waals surface area contributed by atoms with Crippen molar-refractivity contribution < 1.29 is 8.42 Å². The third-order valence-electron chi connectivity index (χ3n) is 2.50. The molecule has 1 atom stereocenters. The summed E-state index contributed by atoms with van der Waals surface area (Å²) in [6.45, 7) is 0. The van der Waals surface area contributed by atoms with Crippen LogP contribution in [0.3, 0.4) is 0 Å². The zero-order valence-electron chi connectivity index (χ0n) is 9.89. The summed E-state index contributed by atoms with van der Waals surface area (Å²) in [5.74, 6) is 0. The molecule has 0 saturated heterocycles. The van der Waals surface area contributed by atoms with Crippen LogP contribution in [0.2, 0.25) is 0 Å². The Morgan fingerprint density at radius 2 is 1.74 bits per heavy atom. The molecule has 0 fully saturated rings. The highest BCUT2D eigenvalue weighted by Crippen LogP contribution is 2.15. The number of nitriles is 1. The highest BCUT2D eigenvalue weighted by Gasteiger charge is 2.20. The molecule has 0 aliphatic rings. The first-order valence-corrected chi connectivity index (χ1v) is 6.99. The van der Waals surface area contributed by atoms with Crippen molar-refractivity contribution in [1.82, 2.24) is 9.71 Å². The number of aromatic nitrogens is 1. The molecule has 2 rings (SSSR count). The zero-order chi connectivity index (χ0) is 13.7. The summed E-state index contributed by atoms with van der Waals surface area (Å²) in [7, 11) is -3.71. The number of sulfonamides is 1. The van der Waals surface area contributed by atoms with E-state index in [1.807, 2.05) is 6.07 Å². The molecule has 96 valence electrons. The monoisotopic (exact) mass is 273 g/mol. The van der Waals surface area contributed by atoms with Crippen molar-refractivity contribution in [3.63, 3.8) is 0 Å². The minimum atomic E-state index is -3.71. The van der Waals surface area contributed by atoms with Gasteiger partial charge in [0.2, 0.25) is 10.0 Å². The molecule has 0 bridgehead atoms. The topological polar surface area (TPSA) is 82.9 Å². The van der Waals surface area contributed by atoms with Crippen LogP contribution in [0.4, 0.5) is 0 Å². The Hall–Kier alpha value is -2.23. The van der Waals surface area contributed by atoms with E-state index in [2.05, 4.69) is 9.71 Å². The first kappa shape index (κ1) is 13.2. The highest BCUT2D eigenvalue weighted by molar-refractivity contribution is 7.89. The van der Waals surface area contributed by atoms with Crippen molar-refractivity contribution in [3.05, 3.63) is 60.4 Å². The predicted molar refractivity (Wildman–Crippen MR) is 69.4 cm³/mol. The molecule has 0 radical (unpaired) electrons. The Bertz CT molecular complexity index is 679. The lowest BCUT2D eigenvalue weighted by Crippen LogP contribution is -2.27. The number of hydrogen-bond donors (Lipinski definition) is 1. The maximum absolute atomic E-state index is 12.1. The standard InChI is InChI=1S/C13H11N3O2S/c14-10-13(11-6-8-15-9-7-11)16-19(17,18)12-4-2-1-3-5-12/h1-9,13,16H. The minimum Gasteiger partial charge on any atom is -0.265 e. The number of hydrogen-bond acceptors (Lipinski definition) is 4. The van der Waals surface area contributed by atoms with Crippen LogP contribution in [0.25, 0.3) is 0 Å². The van der Waals surface area contributed by atoms with Gasteiger partial charge in [0.15, 0.2) is 0 Å². The molecular weight excluding hydrogens is 262 g/mol. The molecule has 1 heterocycles. The second-order valence-corrected chi connectivity index (χ2v) is 5.49. The molecule has 0 aliphatic carbocycles. The second kappa shape index (κ2) is 5.61. The molecule has 0 amide bonds. The van der Waals surface area contributed by atoms with Gasteiger partial charge in [-0.15, -0.1) is 0 Å². The van der Waals surface area contributed by atoms with Crippen LogP contribution in [0.15, 0.2) is 59.8 Å². The fourth-order valence-corrected chi connectivity index (χ4v) is 2.70. The Morgan fingerprint density at radius 1 is 1.11 bits per heavy atom. The van der Waals surface area contributed by atoms with Crippen molar-refractivity contribution in [1.29, 1.82) is 5.26 Å². The number of nitrogens with one attached hydrogen (secondary N) is 1. The van der Waals surface area contributed by atoms with Crippen molar-refractivity contribution >= 4 is 10.0 Å². The number of benzene rings is 1. The van der Waals surface area contributed by atoms with Gasteiger partial charge in [-0.1, -0.05) is 18.2 Å². The Balaban J connectivity index is 2.28. The van der Waals surface area contributed by atoms with Gasteiger partial charge in [0, 0.05) is 12.4 Å². The van der Waals surface area contributed by atoms with E-state index < -0.39 is 16.1 Å². The lowest BCUT2D eigenvalue weighted by atomic mass is 10.1. The predicted octanol–water partition coefficient (Wildman–Crippen LogP) is 1.62. The van der Waals surface area contributed by atoms with Gasteiger partial charge in [-0.3, -0.25) is 4.98 Å².